The molecule has 1 amide bonds. The van der Waals surface area contributed by atoms with Crippen LogP contribution < -0.4 is 4.90 Å². The van der Waals surface area contributed by atoms with Gasteiger partial charge in [-0.15, -0.1) is 0 Å². The number of amides is 1. The number of hydrogen-bond acceptors (Lipinski definition) is 4. The number of carbonyl (C=O) groups excluding carboxylic acids is 1. The quantitative estimate of drug-likeness (QED) is 0.870. The summed E-state index contributed by atoms with van der Waals surface area (Å²) < 4.78 is 67.0. The van der Waals surface area contributed by atoms with Crippen LogP contribution in [0.25, 0.3) is 15.9 Å². The fraction of sp³-hybridized carbons (Fsp3) is 0.529. The van der Waals surface area contributed by atoms with Gasteiger partial charge >= 0.3 is 5.91 Å². The third-order valence-corrected chi connectivity index (χ3v) is 3.75. The van der Waals surface area contributed by atoms with E-state index < -0.39 is 50.1 Å². The molecular formula is C17H22N6O. The number of piperidine rings is 1. The van der Waals surface area contributed by atoms with E-state index in [9.17, 15) is 4.79 Å². The molecule has 126 valence electrons. The van der Waals surface area contributed by atoms with Crippen molar-refractivity contribution >= 4 is 22.8 Å². The maximum absolute atomic E-state index is 12.6. The number of nitrogens with zero attached hydrogens (tertiary/aromatic N) is 5. The van der Waals surface area contributed by atoms with Gasteiger partial charge in [0.25, 0.3) is 6.54 Å². The molecule has 7 heteroatoms. The second-order valence-electron chi connectivity index (χ2n) is 5.52. The molecule has 1 fully saturated rings. The van der Waals surface area contributed by atoms with Crippen molar-refractivity contribution in [3.63, 3.8) is 0 Å². The predicted octanol–water partition coefficient (Wildman–Crippen LogP) is 1.86. The topological polar surface area (TPSA) is 69.5 Å². The first-order valence-corrected chi connectivity index (χ1v) is 7.33. The van der Waals surface area contributed by atoms with E-state index in [2.05, 4.69) is 19.8 Å². The Morgan fingerprint density at radius 2 is 2.46 bits per heavy atom. The van der Waals surface area contributed by atoms with Crippen molar-refractivity contribution in [2.75, 3.05) is 31.5 Å². The van der Waals surface area contributed by atoms with E-state index in [4.69, 9.17) is 17.5 Å². The second kappa shape index (κ2) is 6.48. The number of aromatic nitrogens is 3. The number of nitrogens with one attached hydrogen (secondary N) is 1. The van der Waals surface area contributed by atoms with Crippen LogP contribution in [0.5, 0.6) is 0 Å². The highest BCUT2D eigenvalue weighted by Crippen LogP contribution is 2.29. The number of aryl methyl sites for hydroxylation is 1. The van der Waals surface area contributed by atoms with Gasteiger partial charge in [0.05, 0.1) is 15.5 Å². The summed E-state index contributed by atoms with van der Waals surface area (Å²) in [5, 5.41) is 0.192. The smallest absolute Gasteiger partial charge is 0.302 e. The Balaban J connectivity index is 2.26. The first-order valence-electron chi connectivity index (χ1n) is 11.3. The molecule has 7 nitrogen and oxygen atoms in total. The maximum Gasteiger partial charge on any atom is 0.302 e. The Morgan fingerprint density at radius 1 is 1.67 bits per heavy atom. The van der Waals surface area contributed by atoms with Crippen molar-refractivity contribution < 1.29 is 15.8 Å². The van der Waals surface area contributed by atoms with Gasteiger partial charge in [0.15, 0.2) is 0 Å². The minimum absolute atomic E-state index is 0.0187. The molecule has 3 heterocycles. The highest BCUT2D eigenvalue weighted by Gasteiger charge is 2.33. The SMILES string of the molecule is [2H]c1nc(N(C)[C@@H]2[C@H](C)C([2H])([2H])C([2H])([2H])N(C(=O)C[N+]#[C-])C2([2H])[2H])c2c([2H])c(C)[nH]c2n1. The Labute approximate surface area is 152 Å². The summed E-state index contributed by atoms with van der Waals surface area (Å²) >= 11 is 0. The molecule has 0 bridgehead atoms. The van der Waals surface area contributed by atoms with Crippen LogP contribution in [0, 0.1) is 19.4 Å². The van der Waals surface area contributed by atoms with E-state index in [0.29, 0.717) is 5.69 Å². The molecule has 1 saturated heterocycles. The molecule has 0 aliphatic carbocycles. The van der Waals surface area contributed by atoms with Crippen molar-refractivity contribution in [3.05, 3.63) is 29.5 Å². The van der Waals surface area contributed by atoms with Crippen molar-refractivity contribution in [3.8, 4) is 0 Å². The molecule has 2 aromatic heterocycles. The number of likely N-dealkylation sites (N-methyl/N-ethyl adjacent to an activating group) is 1. The fourth-order valence-electron chi connectivity index (χ4n) is 2.55. The Kier molecular flexibility index (Phi) is 2.43. The number of H-pyrrole nitrogens is 1. The third kappa shape index (κ3) is 2.92. The largest absolute Gasteiger partial charge is 0.354 e. The summed E-state index contributed by atoms with van der Waals surface area (Å²) in [6.45, 7) is 3.23. The van der Waals surface area contributed by atoms with Gasteiger partial charge in [-0.1, -0.05) is 6.92 Å². The zero-order valence-electron chi connectivity index (χ0n) is 21.5. The fourth-order valence-corrected chi connectivity index (χ4v) is 2.55. The molecular weight excluding hydrogens is 304 g/mol. The van der Waals surface area contributed by atoms with E-state index >= 15 is 0 Å². The van der Waals surface area contributed by atoms with Crippen LogP contribution in [0.1, 0.15) is 30.0 Å². The van der Waals surface area contributed by atoms with Gasteiger partial charge in [0, 0.05) is 31.2 Å². The predicted molar refractivity (Wildman–Crippen MR) is 92.6 cm³/mol. The Hall–Kier alpha value is -2.62. The van der Waals surface area contributed by atoms with E-state index in [-0.39, 0.29) is 27.8 Å². The Bertz CT molecular complexity index is 1130. The summed E-state index contributed by atoms with van der Waals surface area (Å²) in [6, 6.07) is -1.45. The number of fused-ring (bicyclic) bond motifs is 1. The standard InChI is InChI=1S/C17H22N6O/c1-11-5-6-23(15(24)8-18-3)9-14(11)22(4)17-13-7-12(2)21-16(13)19-10-20-17/h7,10-11,14H,5-6,8-9H2,1-2,4H3,(H,19,20,21)/t11-,14+/m1/s1/i5D2,6D2,7D,9D2,10D. The zero-order valence-corrected chi connectivity index (χ0v) is 13.5. The first kappa shape index (κ1) is 9.02. The summed E-state index contributed by atoms with van der Waals surface area (Å²) in [5.74, 6) is -2.51. The van der Waals surface area contributed by atoms with Crippen LogP contribution in [0.4, 0.5) is 5.82 Å². The van der Waals surface area contributed by atoms with Crippen LogP contribution in [-0.4, -0.2) is 58.4 Å². The van der Waals surface area contributed by atoms with Crippen LogP contribution in [0.2, 0.25) is 0 Å². The molecule has 0 spiro atoms. The van der Waals surface area contributed by atoms with Gasteiger partial charge in [0.2, 0.25) is 0 Å². The molecule has 0 radical (unpaired) electrons. The lowest BCUT2D eigenvalue weighted by atomic mass is 9.92. The number of aromatic amines is 1. The highest BCUT2D eigenvalue weighted by atomic mass is 16.2. The van der Waals surface area contributed by atoms with Crippen molar-refractivity contribution in [1.82, 2.24) is 19.9 Å². The normalized spacial score (nSPS) is 32.0. The summed E-state index contributed by atoms with van der Waals surface area (Å²) in [5.41, 5.74) is 0.618. The molecule has 1 aliphatic heterocycles. The number of rotatable bonds is 3. The maximum atomic E-state index is 12.6. The van der Waals surface area contributed by atoms with Crippen molar-refractivity contribution in [2.24, 2.45) is 5.92 Å². The molecule has 3 rings (SSSR count). The zero-order chi connectivity index (χ0) is 24.4. The molecule has 24 heavy (non-hydrogen) atoms. The third-order valence-electron chi connectivity index (χ3n) is 3.75. The summed E-state index contributed by atoms with van der Waals surface area (Å²) in [6.07, 6.45) is -3.12. The van der Waals surface area contributed by atoms with Crippen molar-refractivity contribution in [2.45, 2.75) is 26.3 Å². The highest BCUT2D eigenvalue weighted by molar-refractivity contribution is 5.88. The number of likely N-dealkylation sites (tertiary alicyclic amines) is 1. The molecule has 2 atom stereocenters. The van der Waals surface area contributed by atoms with Crippen LogP contribution >= 0.6 is 0 Å². The lowest BCUT2D eigenvalue weighted by Gasteiger charge is -2.41. The molecule has 0 saturated carbocycles. The Morgan fingerprint density at radius 3 is 3.21 bits per heavy atom. The lowest BCUT2D eigenvalue weighted by molar-refractivity contribution is -0.130. The van der Waals surface area contributed by atoms with Crippen LogP contribution in [0.3, 0.4) is 0 Å². The molecule has 1 aliphatic rings. The first-order chi connectivity index (χ1) is 14.6. The minimum atomic E-state index is -3.04. The van der Waals surface area contributed by atoms with Gasteiger partial charge in [-0.05, 0) is 25.3 Å². The molecule has 1 N–H and O–H groups in total. The average Bonchev–Trinajstić information content (AvgIpc) is 2.93. The lowest BCUT2D eigenvalue weighted by Crippen LogP contribution is -2.53. The number of anilines is 1. The number of hydrogen-bond donors (Lipinski definition) is 1. The molecule has 0 unspecified atom stereocenters. The molecule has 0 aromatic carbocycles. The van der Waals surface area contributed by atoms with E-state index in [0.717, 1.165) is 0 Å². The van der Waals surface area contributed by atoms with Crippen molar-refractivity contribution in [1.29, 1.82) is 0 Å². The monoisotopic (exact) mass is 334 g/mol. The second-order valence-corrected chi connectivity index (χ2v) is 5.52. The van der Waals surface area contributed by atoms with E-state index in [1.807, 2.05) is 0 Å². The van der Waals surface area contributed by atoms with Gasteiger partial charge in [-0.25, -0.2) is 16.5 Å². The van der Waals surface area contributed by atoms with E-state index in [1.54, 1.807) is 6.92 Å². The van der Waals surface area contributed by atoms with Gasteiger partial charge in [-0.3, -0.25) is 4.79 Å². The van der Waals surface area contributed by atoms with E-state index in [1.165, 1.54) is 18.9 Å². The van der Waals surface area contributed by atoms with Gasteiger partial charge < -0.3 is 19.6 Å². The summed E-state index contributed by atoms with van der Waals surface area (Å²) in [7, 11) is 1.39. The van der Waals surface area contributed by atoms with Crippen LogP contribution in [0.15, 0.2) is 12.3 Å². The minimum Gasteiger partial charge on any atom is -0.354 e. The van der Waals surface area contributed by atoms with Gasteiger partial charge in [0.1, 0.15) is 19.1 Å². The average molecular weight is 334 g/mol. The molecule has 2 aromatic rings. The van der Waals surface area contributed by atoms with Crippen LogP contribution in [-0.2, 0) is 4.79 Å². The van der Waals surface area contributed by atoms with Gasteiger partial charge in [-0.2, -0.15) is 0 Å². The summed E-state index contributed by atoms with van der Waals surface area (Å²) in [4.78, 5) is 27.8. The number of carbonyl (C=O) groups is 1.